The maximum Gasteiger partial charge on any atom is 0.128 e. The van der Waals surface area contributed by atoms with Gasteiger partial charge in [0, 0.05) is 11.6 Å². The second-order valence-electron chi connectivity index (χ2n) is 5.51. The van der Waals surface area contributed by atoms with Crippen LogP contribution >= 0.6 is 0 Å². The first-order valence-electron chi connectivity index (χ1n) is 7.86. The minimum absolute atomic E-state index is 0.0100. The molecule has 0 aliphatic heterocycles. The average molecular weight is 278 g/mol. The lowest BCUT2D eigenvalue weighted by molar-refractivity contribution is 0.175. The van der Waals surface area contributed by atoms with Crippen LogP contribution in [0.1, 0.15) is 57.4 Å². The number of aliphatic hydroxyl groups is 1. The van der Waals surface area contributed by atoms with Crippen molar-refractivity contribution in [2.75, 3.05) is 6.61 Å². The van der Waals surface area contributed by atoms with Crippen LogP contribution in [0.3, 0.4) is 0 Å². The van der Waals surface area contributed by atoms with E-state index >= 15 is 0 Å². The number of hydrogen-bond acceptors (Lipinski definition) is 3. The number of benzene rings is 1. The Morgan fingerprint density at radius 3 is 2.55 bits per heavy atom. The summed E-state index contributed by atoms with van der Waals surface area (Å²) in [6.45, 7) is 2.81. The van der Waals surface area contributed by atoms with Gasteiger partial charge >= 0.3 is 0 Å². The van der Waals surface area contributed by atoms with Crippen molar-refractivity contribution in [2.24, 2.45) is 0 Å². The highest BCUT2D eigenvalue weighted by atomic mass is 16.5. The smallest absolute Gasteiger partial charge is 0.128 e. The molecule has 20 heavy (non-hydrogen) atoms. The Bertz CT molecular complexity index is 395. The number of ether oxygens (including phenoxy) is 2. The molecule has 0 heterocycles. The van der Waals surface area contributed by atoms with Gasteiger partial charge in [0.2, 0.25) is 0 Å². The van der Waals surface area contributed by atoms with E-state index in [0.717, 1.165) is 36.3 Å². The molecule has 3 heteroatoms. The zero-order valence-electron chi connectivity index (χ0n) is 12.4. The van der Waals surface area contributed by atoms with Crippen LogP contribution in [0, 0.1) is 0 Å². The topological polar surface area (TPSA) is 38.7 Å². The molecule has 1 N–H and O–H groups in total. The molecule has 0 bridgehead atoms. The van der Waals surface area contributed by atoms with Crippen LogP contribution in [0.15, 0.2) is 18.2 Å². The van der Waals surface area contributed by atoms with Crippen LogP contribution in [0.5, 0.6) is 11.5 Å². The highest BCUT2D eigenvalue weighted by Gasteiger charge is 2.16. The summed E-state index contributed by atoms with van der Waals surface area (Å²) in [4.78, 5) is 0. The van der Waals surface area contributed by atoms with E-state index in [0.29, 0.717) is 6.61 Å². The van der Waals surface area contributed by atoms with Gasteiger partial charge in [0.1, 0.15) is 11.5 Å². The Morgan fingerprint density at radius 1 is 1.15 bits per heavy atom. The largest absolute Gasteiger partial charge is 0.493 e. The molecule has 1 saturated carbocycles. The van der Waals surface area contributed by atoms with Gasteiger partial charge in [-0.25, -0.2) is 0 Å². The predicted molar refractivity (Wildman–Crippen MR) is 80.3 cm³/mol. The summed E-state index contributed by atoms with van der Waals surface area (Å²) in [6.07, 6.45) is 8.61. The number of hydrogen-bond donors (Lipinski definition) is 1. The van der Waals surface area contributed by atoms with Crippen molar-refractivity contribution in [2.45, 2.75) is 64.6 Å². The molecular formula is C17H26O3. The Hall–Kier alpha value is -1.22. The van der Waals surface area contributed by atoms with Gasteiger partial charge < -0.3 is 14.6 Å². The standard InChI is InChI=1S/C17H26O3/c1-2-11-19-16-10-9-14(13-18)17(12-16)20-15-7-5-3-4-6-8-15/h9-10,12,15,18H,2-8,11,13H2,1H3. The Labute approximate surface area is 121 Å². The van der Waals surface area contributed by atoms with Gasteiger partial charge in [-0.3, -0.25) is 0 Å². The van der Waals surface area contributed by atoms with Crippen molar-refractivity contribution in [3.05, 3.63) is 23.8 Å². The summed E-state index contributed by atoms with van der Waals surface area (Å²) in [5, 5.41) is 9.45. The molecule has 0 unspecified atom stereocenters. The fourth-order valence-electron chi connectivity index (χ4n) is 2.62. The summed E-state index contributed by atoms with van der Waals surface area (Å²) in [7, 11) is 0. The maximum atomic E-state index is 9.45. The van der Waals surface area contributed by atoms with E-state index in [-0.39, 0.29) is 12.7 Å². The van der Waals surface area contributed by atoms with E-state index in [1.807, 2.05) is 18.2 Å². The van der Waals surface area contributed by atoms with Gasteiger partial charge in [-0.1, -0.05) is 19.8 Å². The lowest BCUT2D eigenvalue weighted by Gasteiger charge is -2.19. The number of rotatable bonds is 6. The molecule has 0 amide bonds. The van der Waals surface area contributed by atoms with E-state index in [9.17, 15) is 5.11 Å². The van der Waals surface area contributed by atoms with Crippen molar-refractivity contribution in [1.29, 1.82) is 0 Å². The zero-order chi connectivity index (χ0) is 14.2. The van der Waals surface area contributed by atoms with E-state index in [1.54, 1.807) is 0 Å². The SMILES string of the molecule is CCCOc1ccc(CO)c(OC2CCCCCC2)c1. The Kier molecular flexibility index (Phi) is 6.19. The molecule has 0 atom stereocenters. The monoisotopic (exact) mass is 278 g/mol. The molecular weight excluding hydrogens is 252 g/mol. The first-order chi connectivity index (χ1) is 9.83. The summed E-state index contributed by atoms with van der Waals surface area (Å²) in [6, 6.07) is 5.73. The molecule has 1 aliphatic carbocycles. The van der Waals surface area contributed by atoms with Gasteiger partial charge in [-0.2, -0.15) is 0 Å². The fraction of sp³-hybridized carbons (Fsp3) is 0.647. The summed E-state index contributed by atoms with van der Waals surface area (Å²) >= 11 is 0. The molecule has 0 spiro atoms. The lowest BCUT2D eigenvalue weighted by Crippen LogP contribution is -2.16. The third-order valence-corrected chi connectivity index (χ3v) is 3.78. The Balaban J connectivity index is 2.06. The Morgan fingerprint density at radius 2 is 1.90 bits per heavy atom. The molecule has 0 aromatic heterocycles. The van der Waals surface area contributed by atoms with Crippen LogP contribution < -0.4 is 9.47 Å². The van der Waals surface area contributed by atoms with Crippen LogP contribution in [-0.4, -0.2) is 17.8 Å². The molecule has 1 aliphatic rings. The van der Waals surface area contributed by atoms with E-state index in [1.165, 1.54) is 25.7 Å². The minimum atomic E-state index is 0.0100. The molecule has 112 valence electrons. The van der Waals surface area contributed by atoms with E-state index in [4.69, 9.17) is 9.47 Å². The molecule has 0 saturated heterocycles. The maximum absolute atomic E-state index is 9.45. The first-order valence-corrected chi connectivity index (χ1v) is 7.86. The first kappa shape index (κ1) is 15.2. The van der Waals surface area contributed by atoms with Crippen LogP contribution in [0.2, 0.25) is 0 Å². The number of aliphatic hydroxyl groups excluding tert-OH is 1. The van der Waals surface area contributed by atoms with Crippen molar-refractivity contribution in [3.8, 4) is 11.5 Å². The molecule has 3 nitrogen and oxygen atoms in total. The van der Waals surface area contributed by atoms with Gasteiger partial charge in [-0.05, 0) is 44.2 Å². The summed E-state index contributed by atoms with van der Waals surface area (Å²) in [5.74, 6) is 1.61. The van der Waals surface area contributed by atoms with Crippen molar-refractivity contribution < 1.29 is 14.6 Å². The van der Waals surface area contributed by atoms with Crippen LogP contribution in [0.25, 0.3) is 0 Å². The van der Waals surface area contributed by atoms with Gasteiger partial charge in [0.05, 0.1) is 19.3 Å². The van der Waals surface area contributed by atoms with Crippen molar-refractivity contribution >= 4 is 0 Å². The van der Waals surface area contributed by atoms with Crippen LogP contribution in [0.4, 0.5) is 0 Å². The highest BCUT2D eigenvalue weighted by Crippen LogP contribution is 2.29. The van der Waals surface area contributed by atoms with E-state index < -0.39 is 0 Å². The van der Waals surface area contributed by atoms with Gasteiger partial charge in [0.25, 0.3) is 0 Å². The molecule has 2 rings (SSSR count). The third kappa shape index (κ3) is 4.41. The third-order valence-electron chi connectivity index (χ3n) is 3.78. The zero-order valence-corrected chi connectivity index (χ0v) is 12.4. The van der Waals surface area contributed by atoms with Gasteiger partial charge in [-0.15, -0.1) is 0 Å². The molecule has 1 aromatic rings. The minimum Gasteiger partial charge on any atom is -0.493 e. The highest BCUT2D eigenvalue weighted by molar-refractivity contribution is 5.40. The molecule has 1 fully saturated rings. The summed E-state index contributed by atoms with van der Waals surface area (Å²) in [5.41, 5.74) is 0.845. The van der Waals surface area contributed by atoms with Crippen molar-refractivity contribution in [1.82, 2.24) is 0 Å². The van der Waals surface area contributed by atoms with Crippen molar-refractivity contribution in [3.63, 3.8) is 0 Å². The summed E-state index contributed by atoms with van der Waals surface area (Å²) < 4.78 is 11.8. The molecule has 1 aromatic carbocycles. The van der Waals surface area contributed by atoms with Crippen LogP contribution in [-0.2, 0) is 6.61 Å². The van der Waals surface area contributed by atoms with Gasteiger partial charge in [0.15, 0.2) is 0 Å². The quantitative estimate of drug-likeness (QED) is 0.797. The predicted octanol–water partition coefficient (Wildman–Crippen LogP) is 4.07. The second kappa shape index (κ2) is 8.15. The van der Waals surface area contributed by atoms with E-state index in [2.05, 4.69) is 6.92 Å². The second-order valence-corrected chi connectivity index (χ2v) is 5.51. The lowest BCUT2D eigenvalue weighted by atomic mass is 10.1. The average Bonchev–Trinajstić information content (AvgIpc) is 2.74. The fourth-order valence-corrected chi connectivity index (χ4v) is 2.62. The normalized spacial score (nSPS) is 16.7. The molecule has 0 radical (unpaired) electrons.